The number of carbonyl (C=O) groups excluding carboxylic acids is 1. The van der Waals surface area contributed by atoms with Gasteiger partial charge in [0.1, 0.15) is 0 Å². The summed E-state index contributed by atoms with van der Waals surface area (Å²) in [6.07, 6.45) is 2.24. The minimum atomic E-state index is -0.264. The third kappa shape index (κ3) is 3.22. The number of phenolic OH excluding ortho intramolecular Hbond substituents is 1. The number of phenols is 1. The molecule has 1 heterocycles. The van der Waals surface area contributed by atoms with Crippen LogP contribution in [0.5, 0.6) is 11.5 Å². The van der Waals surface area contributed by atoms with Crippen molar-refractivity contribution in [3.05, 3.63) is 23.8 Å². The fraction of sp³-hybridized carbons (Fsp3) is 0.533. The van der Waals surface area contributed by atoms with Crippen molar-refractivity contribution >= 4 is 5.91 Å². The van der Waals surface area contributed by atoms with E-state index in [1.807, 2.05) is 6.92 Å². The standard InChI is InChI=1S/C15H22N2O3/c1-10(11-5-4-8-16-9-11)17-15(19)12-6-3-7-13(20-2)14(12)18/h3,6-7,10-11,16,18H,4-5,8-9H2,1-2H3,(H,17,19). The van der Waals surface area contributed by atoms with Crippen LogP contribution in [0.3, 0.4) is 0 Å². The summed E-state index contributed by atoms with van der Waals surface area (Å²) >= 11 is 0. The van der Waals surface area contributed by atoms with E-state index >= 15 is 0 Å². The van der Waals surface area contributed by atoms with Gasteiger partial charge in [0.2, 0.25) is 0 Å². The second kappa shape index (κ2) is 6.61. The van der Waals surface area contributed by atoms with Crippen LogP contribution in [-0.4, -0.2) is 37.3 Å². The smallest absolute Gasteiger partial charge is 0.255 e. The predicted octanol–water partition coefficient (Wildman–Crippen LogP) is 1.52. The van der Waals surface area contributed by atoms with Crippen molar-refractivity contribution in [2.24, 2.45) is 5.92 Å². The maximum Gasteiger partial charge on any atom is 0.255 e. The SMILES string of the molecule is COc1cccc(C(=O)NC(C)C2CCCNC2)c1O. The van der Waals surface area contributed by atoms with E-state index in [1.54, 1.807) is 18.2 Å². The second-order valence-corrected chi connectivity index (χ2v) is 5.23. The van der Waals surface area contributed by atoms with Crippen molar-refractivity contribution < 1.29 is 14.6 Å². The van der Waals surface area contributed by atoms with Gasteiger partial charge in [-0.1, -0.05) is 6.07 Å². The Morgan fingerprint density at radius 2 is 2.35 bits per heavy atom. The number of ether oxygens (including phenoxy) is 1. The molecule has 0 aromatic heterocycles. The number of amides is 1. The molecule has 2 rings (SSSR count). The Morgan fingerprint density at radius 1 is 1.55 bits per heavy atom. The van der Waals surface area contributed by atoms with Gasteiger partial charge >= 0.3 is 0 Å². The molecule has 3 N–H and O–H groups in total. The molecular formula is C15H22N2O3. The molecule has 2 atom stereocenters. The van der Waals surface area contributed by atoms with Crippen LogP contribution in [0, 0.1) is 5.92 Å². The van der Waals surface area contributed by atoms with Gasteiger partial charge in [0.05, 0.1) is 12.7 Å². The van der Waals surface area contributed by atoms with Gasteiger partial charge < -0.3 is 20.5 Å². The van der Waals surface area contributed by atoms with Crippen LogP contribution in [0.2, 0.25) is 0 Å². The molecule has 5 nitrogen and oxygen atoms in total. The van der Waals surface area contributed by atoms with Crippen molar-refractivity contribution in [3.63, 3.8) is 0 Å². The van der Waals surface area contributed by atoms with E-state index in [2.05, 4.69) is 10.6 Å². The van der Waals surface area contributed by atoms with E-state index in [0.29, 0.717) is 11.7 Å². The van der Waals surface area contributed by atoms with Crippen LogP contribution < -0.4 is 15.4 Å². The Bertz CT molecular complexity index is 470. The molecule has 5 heteroatoms. The number of hydrogen-bond donors (Lipinski definition) is 3. The zero-order valence-electron chi connectivity index (χ0n) is 12.0. The van der Waals surface area contributed by atoms with E-state index in [1.165, 1.54) is 7.11 Å². The fourth-order valence-electron chi connectivity index (χ4n) is 2.58. The van der Waals surface area contributed by atoms with Gasteiger partial charge in [-0.3, -0.25) is 4.79 Å². The number of carbonyl (C=O) groups is 1. The molecule has 0 spiro atoms. The van der Waals surface area contributed by atoms with Crippen LogP contribution in [0.15, 0.2) is 18.2 Å². The quantitative estimate of drug-likeness (QED) is 0.781. The molecule has 1 amide bonds. The summed E-state index contributed by atoms with van der Waals surface area (Å²) in [4.78, 5) is 12.2. The van der Waals surface area contributed by atoms with Gasteiger partial charge in [0.15, 0.2) is 11.5 Å². The van der Waals surface area contributed by atoms with Crippen molar-refractivity contribution in [2.75, 3.05) is 20.2 Å². The van der Waals surface area contributed by atoms with Crippen LogP contribution in [-0.2, 0) is 0 Å². The van der Waals surface area contributed by atoms with Crippen molar-refractivity contribution in [1.82, 2.24) is 10.6 Å². The molecule has 1 aromatic carbocycles. The van der Waals surface area contributed by atoms with Gasteiger partial charge in [0.25, 0.3) is 5.91 Å². The average molecular weight is 278 g/mol. The molecule has 20 heavy (non-hydrogen) atoms. The number of para-hydroxylation sites is 1. The Balaban J connectivity index is 2.04. The molecule has 2 unspecified atom stereocenters. The normalized spacial score (nSPS) is 20.2. The molecule has 0 radical (unpaired) electrons. The molecule has 1 aliphatic heterocycles. The summed E-state index contributed by atoms with van der Waals surface area (Å²) in [5.41, 5.74) is 0.250. The first-order valence-electron chi connectivity index (χ1n) is 7.01. The summed E-state index contributed by atoms with van der Waals surface area (Å²) < 4.78 is 5.02. The molecule has 1 aromatic rings. The minimum absolute atomic E-state index is 0.0703. The Kier molecular flexibility index (Phi) is 4.84. The summed E-state index contributed by atoms with van der Waals surface area (Å²) in [6, 6.07) is 4.99. The number of benzene rings is 1. The van der Waals surface area contributed by atoms with E-state index < -0.39 is 0 Å². The van der Waals surface area contributed by atoms with E-state index in [0.717, 1.165) is 25.9 Å². The molecule has 1 aliphatic rings. The molecule has 0 aliphatic carbocycles. The van der Waals surface area contributed by atoms with Crippen LogP contribution >= 0.6 is 0 Å². The van der Waals surface area contributed by atoms with Gasteiger partial charge in [0, 0.05) is 6.04 Å². The van der Waals surface area contributed by atoms with E-state index in [4.69, 9.17) is 4.74 Å². The topological polar surface area (TPSA) is 70.6 Å². The highest BCUT2D eigenvalue weighted by atomic mass is 16.5. The predicted molar refractivity (Wildman–Crippen MR) is 77.2 cm³/mol. The highest BCUT2D eigenvalue weighted by Gasteiger charge is 2.23. The van der Waals surface area contributed by atoms with Crippen molar-refractivity contribution in [3.8, 4) is 11.5 Å². The van der Waals surface area contributed by atoms with Crippen LogP contribution in [0.25, 0.3) is 0 Å². The monoisotopic (exact) mass is 278 g/mol. The van der Waals surface area contributed by atoms with Crippen LogP contribution in [0.4, 0.5) is 0 Å². The number of rotatable bonds is 4. The van der Waals surface area contributed by atoms with Gasteiger partial charge in [-0.05, 0) is 50.9 Å². The molecular weight excluding hydrogens is 256 g/mol. The van der Waals surface area contributed by atoms with E-state index in [-0.39, 0.29) is 23.3 Å². The molecule has 0 bridgehead atoms. The average Bonchev–Trinajstić information content (AvgIpc) is 2.48. The number of aromatic hydroxyl groups is 1. The number of nitrogens with one attached hydrogen (secondary N) is 2. The van der Waals surface area contributed by atoms with Crippen LogP contribution in [0.1, 0.15) is 30.1 Å². The molecule has 1 saturated heterocycles. The van der Waals surface area contributed by atoms with Gasteiger partial charge in [-0.15, -0.1) is 0 Å². The van der Waals surface area contributed by atoms with Gasteiger partial charge in [-0.2, -0.15) is 0 Å². The Hall–Kier alpha value is -1.75. The first-order chi connectivity index (χ1) is 9.63. The van der Waals surface area contributed by atoms with E-state index in [9.17, 15) is 9.90 Å². The third-order valence-electron chi connectivity index (χ3n) is 3.86. The molecule has 0 saturated carbocycles. The first kappa shape index (κ1) is 14.7. The Labute approximate surface area is 119 Å². The summed E-state index contributed by atoms with van der Waals surface area (Å²) in [5, 5.41) is 16.3. The highest BCUT2D eigenvalue weighted by molar-refractivity contribution is 5.97. The minimum Gasteiger partial charge on any atom is -0.504 e. The van der Waals surface area contributed by atoms with Crippen molar-refractivity contribution in [2.45, 2.75) is 25.8 Å². The Morgan fingerprint density at radius 3 is 3.00 bits per heavy atom. The lowest BCUT2D eigenvalue weighted by molar-refractivity contribution is 0.0918. The maximum absolute atomic E-state index is 12.2. The zero-order valence-corrected chi connectivity index (χ0v) is 12.0. The summed E-state index contributed by atoms with van der Waals surface area (Å²) in [5.74, 6) is 0.367. The largest absolute Gasteiger partial charge is 0.504 e. The number of piperidine rings is 1. The summed E-state index contributed by atoms with van der Waals surface area (Å²) in [6.45, 7) is 3.98. The maximum atomic E-state index is 12.2. The van der Waals surface area contributed by atoms with Gasteiger partial charge in [-0.25, -0.2) is 0 Å². The lowest BCUT2D eigenvalue weighted by atomic mass is 9.92. The van der Waals surface area contributed by atoms with Crippen molar-refractivity contribution in [1.29, 1.82) is 0 Å². The molecule has 1 fully saturated rings. The first-order valence-corrected chi connectivity index (χ1v) is 7.01. The second-order valence-electron chi connectivity index (χ2n) is 5.23. The lowest BCUT2D eigenvalue weighted by Gasteiger charge is -2.29. The highest BCUT2D eigenvalue weighted by Crippen LogP contribution is 2.29. The fourth-order valence-corrected chi connectivity index (χ4v) is 2.58. The zero-order chi connectivity index (χ0) is 14.5. The molecule has 110 valence electrons. The number of hydrogen-bond acceptors (Lipinski definition) is 4. The lowest BCUT2D eigenvalue weighted by Crippen LogP contribution is -2.44. The third-order valence-corrected chi connectivity index (χ3v) is 3.86. The number of methoxy groups -OCH3 is 1. The summed E-state index contributed by atoms with van der Waals surface area (Å²) in [7, 11) is 1.47.